The second-order valence-electron chi connectivity index (χ2n) is 5.61. The normalized spacial score (nSPS) is 11.0. The van der Waals surface area contributed by atoms with Crippen LogP contribution in [-0.2, 0) is 80.2 Å². The van der Waals surface area contributed by atoms with Crippen molar-refractivity contribution in [3.63, 3.8) is 0 Å². The summed E-state index contributed by atoms with van der Waals surface area (Å²) >= 11 is 0. The molecule has 0 aromatic heterocycles. The molecule has 13 radical (unpaired) electrons. The van der Waals surface area contributed by atoms with Crippen molar-refractivity contribution in [3.8, 4) is 0 Å². The number of hydrogen-bond acceptors (Lipinski definition) is 10. The molecule has 0 rings (SSSR count). The van der Waals surface area contributed by atoms with Gasteiger partial charge in [-0.25, -0.2) is 0 Å². The van der Waals surface area contributed by atoms with Crippen molar-refractivity contribution in [3.05, 3.63) is 42.7 Å². The van der Waals surface area contributed by atoms with Crippen LogP contribution in [0.3, 0.4) is 0 Å². The van der Waals surface area contributed by atoms with Crippen molar-refractivity contribution in [2.75, 3.05) is 52.9 Å². The summed E-state index contributed by atoms with van der Waals surface area (Å²) in [6.07, 6.45) is 0. The van der Waals surface area contributed by atoms with Crippen molar-refractivity contribution in [1.29, 1.82) is 0 Å². The predicted octanol–water partition coefficient (Wildman–Crippen LogP) is 0.222. The van der Waals surface area contributed by atoms with E-state index in [0.717, 1.165) is 0 Å². The summed E-state index contributed by atoms with van der Waals surface area (Å²) < 4.78 is 35.5. The van der Waals surface area contributed by atoms with E-state index in [1.165, 1.54) is 12.9 Å². The number of rotatable bonds is 18. The minimum atomic E-state index is -0.824. The first-order valence-electron chi connectivity index (χ1n) is 7.37. The monoisotopic (exact) mass is 487 g/mol. The molecule has 0 aliphatic rings. The van der Waals surface area contributed by atoms with Gasteiger partial charge in [0.1, 0.15) is 42.7 Å². The summed E-state index contributed by atoms with van der Waals surface area (Å²) in [5.74, 6) is 0. The number of ether oxygens (including phenoxy) is 8. The fraction of sp³-hybridized carbons (Fsp3) is 0.556. The van der Waals surface area contributed by atoms with E-state index in [1.54, 1.807) is 0 Å². The van der Waals surface area contributed by atoms with Crippen LogP contribution in [0.4, 0.5) is 0 Å². The van der Waals surface area contributed by atoms with E-state index in [1.807, 2.05) is 0 Å². The van der Waals surface area contributed by atoms with Crippen molar-refractivity contribution in [2.24, 2.45) is 10.8 Å². The Bertz CT molecular complexity index is 303. The van der Waals surface area contributed by atoms with E-state index < -0.39 is 10.8 Å². The summed E-state index contributed by atoms with van der Waals surface area (Å²) in [6.45, 7) is 2.49. The van der Waals surface area contributed by atoms with Crippen molar-refractivity contribution in [2.45, 2.75) is 0 Å². The first-order valence-corrected chi connectivity index (χ1v) is 7.37. The van der Waals surface area contributed by atoms with Crippen LogP contribution >= 0.6 is 0 Å². The average molecular weight is 487 g/mol. The molecule has 0 spiro atoms. The summed E-state index contributed by atoms with van der Waals surface area (Å²) in [6, 6.07) is 0. The molecule has 29 heavy (non-hydrogen) atoms. The van der Waals surface area contributed by atoms with E-state index in [0.29, 0.717) is 0 Å². The van der Waals surface area contributed by atoms with Gasteiger partial charge < -0.3 is 47.5 Å². The van der Waals surface area contributed by atoms with Gasteiger partial charge in [0.15, 0.2) is 0 Å². The zero-order chi connectivity index (χ0) is 21.7. The van der Waals surface area contributed by atoms with Crippen molar-refractivity contribution >= 4 is 12.9 Å². The Morgan fingerprint density at radius 1 is 0.483 bits per heavy atom. The first-order chi connectivity index (χ1) is 13.5. The van der Waals surface area contributed by atoms with Crippen LogP contribution in [0.15, 0.2) is 0 Å². The Balaban J connectivity index is -0.000000451. The Morgan fingerprint density at radius 2 is 0.690 bits per heavy atom. The SMILES string of the molecule is [CH]OCC(CO[CH])(CO[CH])CO[C-]=O.[CH]OCC(CO[CH])(CO[CH])CO[C-]=O.[Y]. The molecule has 0 aromatic rings. The molecule has 0 N–H and O–H groups in total. The maximum Gasteiger partial charge on any atom is 0.115 e. The maximum atomic E-state index is 9.90. The third-order valence-corrected chi connectivity index (χ3v) is 3.21. The average Bonchev–Trinajstić information content (AvgIpc) is 2.67. The fourth-order valence-electron chi connectivity index (χ4n) is 1.93. The van der Waals surface area contributed by atoms with Crippen molar-refractivity contribution < 1.29 is 80.2 Å². The molecule has 0 aliphatic heterocycles. The summed E-state index contributed by atoms with van der Waals surface area (Å²) in [7, 11) is 29.4. The molecule has 0 saturated heterocycles. The minimum Gasteiger partial charge on any atom is -0.652 e. The molecule has 0 unspecified atom stereocenters. The smallest absolute Gasteiger partial charge is 0.115 e. The largest absolute Gasteiger partial charge is 0.652 e. The topological polar surface area (TPSA) is 108 Å². The third-order valence-electron chi connectivity index (χ3n) is 3.21. The molecular formula is C18H22O10Y-2. The van der Waals surface area contributed by atoms with Gasteiger partial charge in [-0.15, -0.1) is 0 Å². The standard InChI is InChI=1S/2C9H11O5.Y/c2*1-11-4-9(5-12-2,6-13-3)7-14-8-10;/h2*1-3H,4-7H2;/q2*-1;. The molecule has 0 atom stereocenters. The molecular weight excluding hydrogens is 465 g/mol. The molecule has 0 heterocycles. The number of carbonyl (C=O) groups excluding carboxylic acids is 2. The van der Waals surface area contributed by atoms with Gasteiger partial charge in [-0.3, -0.25) is 0 Å². The number of hydrogen-bond donors (Lipinski definition) is 0. The van der Waals surface area contributed by atoms with Crippen LogP contribution < -0.4 is 0 Å². The van der Waals surface area contributed by atoms with Gasteiger partial charge in [-0.05, 0) is 0 Å². The van der Waals surface area contributed by atoms with Crippen LogP contribution in [0.1, 0.15) is 0 Å². The van der Waals surface area contributed by atoms with Gasteiger partial charge in [0.2, 0.25) is 0 Å². The Labute approximate surface area is 199 Å². The first kappa shape index (κ1) is 33.4. The van der Waals surface area contributed by atoms with Crippen LogP contribution in [0, 0.1) is 53.5 Å². The van der Waals surface area contributed by atoms with E-state index >= 15 is 0 Å². The molecule has 159 valence electrons. The minimum absolute atomic E-state index is 0. The molecule has 11 heteroatoms. The summed E-state index contributed by atoms with van der Waals surface area (Å²) in [4.78, 5) is 19.8. The quantitative estimate of drug-likeness (QED) is 0.249. The van der Waals surface area contributed by atoms with Crippen LogP contribution in [-0.4, -0.2) is 65.8 Å². The molecule has 0 amide bonds. The molecule has 0 aliphatic carbocycles. The summed E-state index contributed by atoms with van der Waals surface area (Å²) in [5.41, 5.74) is -1.65. The van der Waals surface area contributed by atoms with Crippen LogP contribution in [0.2, 0.25) is 0 Å². The fourth-order valence-corrected chi connectivity index (χ4v) is 1.93. The van der Waals surface area contributed by atoms with E-state index in [-0.39, 0.29) is 85.6 Å². The molecule has 0 fully saturated rings. The predicted molar refractivity (Wildman–Crippen MR) is 89.7 cm³/mol. The molecule has 0 aromatic carbocycles. The van der Waals surface area contributed by atoms with Gasteiger partial charge in [0.05, 0.1) is 63.7 Å². The second kappa shape index (κ2) is 22.5. The summed E-state index contributed by atoms with van der Waals surface area (Å²) in [5, 5.41) is 0. The van der Waals surface area contributed by atoms with E-state index in [2.05, 4.69) is 37.9 Å². The van der Waals surface area contributed by atoms with Gasteiger partial charge in [-0.2, -0.15) is 0 Å². The van der Waals surface area contributed by atoms with E-state index in [4.69, 9.17) is 42.7 Å². The Hall–Kier alpha value is -0.196. The molecule has 0 saturated carbocycles. The zero-order valence-electron chi connectivity index (χ0n) is 15.8. The third kappa shape index (κ3) is 16.2. The van der Waals surface area contributed by atoms with Gasteiger partial charge in [0, 0.05) is 32.7 Å². The van der Waals surface area contributed by atoms with Crippen LogP contribution in [0.25, 0.3) is 0 Å². The zero-order valence-corrected chi connectivity index (χ0v) is 18.6. The Kier molecular flexibility index (Phi) is 25.9. The van der Waals surface area contributed by atoms with Gasteiger partial charge in [0.25, 0.3) is 0 Å². The van der Waals surface area contributed by atoms with E-state index in [9.17, 15) is 9.59 Å². The Morgan fingerprint density at radius 3 is 0.828 bits per heavy atom. The second-order valence-corrected chi connectivity index (χ2v) is 5.61. The maximum absolute atomic E-state index is 9.90. The molecule has 0 bridgehead atoms. The van der Waals surface area contributed by atoms with Gasteiger partial charge in [-0.1, -0.05) is 12.9 Å². The van der Waals surface area contributed by atoms with Gasteiger partial charge >= 0.3 is 0 Å². The molecule has 10 nitrogen and oxygen atoms in total. The van der Waals surface area contributed by atoms with Crippen LogP contribution in [0.5, 0.6) is 0 Å². The van der Waals surface area contributed by atoms with Crippen molar-refractivity contribution in [1.82, 2.24) is 0 Å².